The second kappa shape index (κ2) is 3.94. The van der Waals surface area contributed by atoms with Crippen LogP contribution in [0.15, 0.2) is 0 Å². The van der Waals surface area contributed by atoms with Crippen molar-refractivity contribution in [3.63, 3.8) is 0 Å². The van der Waals surface area contributed by atoms with E-state index in [0.717, 1.165) is 0 Å². The molecule has 66 valence electrons. The number of rotatable bonds is 2. The predicted molar refractivity (Wildman–Crippen MR) is 38.4 cm³/mol. The molecule has 0 aromatic rings. The Hall–Kier alpha value is -0.260. The Kier molecular flexibility index (Phi) is 3.16. The largest absolute Gasteiger partial charge is 0.307 e. The monoisotopic (exact) mass is 165 g/mol. The maximum Gasteiger partial charge on any atom is 0.199 e. The topological polar surface area (TPSA) is 27.3 Å². The Balaban J connectivity index is 2.38. The first-order valence-electron chi connectivity index (χ1n) is 3.66. The summed E-state index contributed by atoms with van der Waals surface area (Å²) in [6, 6.07) is 0. The van der Waals surface area contributed by atoms with E-state index in [9.17, 15) is 8.78 Å². The molecule has 0 aromatic heterocycles. The summed E-state index contributed by atoms with van der Waals surface area (Å²) in [5.41, 5.74) is 0. The van der Waals surface area contributed by atoms with Gasteiger partial charge in [0.15, 0.2) is 12.6 Å². The van der Waals surface area contributed by atoms with Crippen LogP contribution < -0.4 is 10.6 Å². The second-order valence-corrected chi connectivity index (χ2v) is 2.55. The average Bonchev–Trinajstić information content (AvgIpc) is 1.99. The van der Waals surface area contributed by atoms with E-state index in [1.165, 1.54) is 4.90 Å². The van der Waals surface area contributed by atoms with E-state index in [-0.39, 0.29) is 0 Å². The van der Waals surface area contributed by atoms with Crippen molar-refractivity contribution in [1.82, 2.24) is 15.5 Å². The first-order chi connectivity index (χ1) is 5.25. The van der Waals surface area contributed by atoms with Gasteiger partial charge in [0.1, 0.15) is 0 Å². The van der Waals surface area contributed by atoms with Crippen LogP contribution in [0.2, 0.25) is 0 Å². The smallest absolute Gasteiger partial charge is 0.199 e. The highest BCUT2D eigenvalue weighted by Crippen LogP contribution is 2.10. The normalized spacial score (nSPS) is 34.1. The number of nitrogens with zero attached hydrogens (tertiary/aromatic N) is 1. The van der Waals surface area contributed by atoms with Crippen LogP contribution in [0.1, 0.15) is 0 Å². The molecule has 0 spiro atoms. The van der Waals surface area contributed by atoms with E-state index in [4.69, 9.17) is 0 Å². The minimum Gasteiger partial charge on any atom is -0.307 e. The van der Waals surface area contributed by atoms with Crippen molar-refractivity contribution in [2.24, 2.45) is 0 Å². The minimum atomic E-state index is -1.54. The lowest BCUT2D eigenvalue weighted by atomic mass is 10.3. The molecule has 1 aliphatic heterocycles. The fourth-order valence-electron chi connectivity index (χ4n) is 1.12. The van der Waals surface area contributed by atoms with Crippen LogP contribution >= 0.6 is 0 Å². The lowest BCUT2D eigenvalue weighted by Crippen LogP contribution is -2.55. The molecule has 0 aromatic carbocycles. The molecule has 5 heteroatoms. The number of hydrogen-bond acceptors (Lipinski definition) is 3. The quantitative estimate of drug-likeness (QED) is 0.548. The number of alkyl halides is 2. The zero-order valence-electron chi connectivity index (χ0n) is 6.48. The first-order valence-corrected chi connectivity index (χ1v) is 3.66. The molecular formula is C6H13F2N3. The average molecular weight is 165 g/mol. The summed E-state index contributed by atoms with van der Waals surface area (Å²) < 4.78 is 25.5. The number of nitrogens with one attached hydrogen (secondary N) is 2. The van der Waals surface area contributed by atoms with Gasteiger partial charge in [-0.1, -0.05) is 0 Å². The maximum absolute atomic E-state index is 12.9. The van der Waals surface area contributed by atoms with Crippen LogP contribution in [0, 0.1) is 0 Å². The van der Waals surface area contributed by atoms with Crippen molar-refractivity contribution in [3.05, 3.63) is 0 Å². The van der Waals surface area contributed by atoms with E-state index in [1.807, 2.05) is 0 Å². The van der Waals surface area contributed by atoms with Gasteiger partial charge in [-0.3, -0.25) is 10.2 Å². The van der Waals surface area contributed by atoms with Gasteiger partial charge >= 0.3 is 0 Å². The first kappa shape index (κ1) is 8.83. The number of piperazine rings is 1. The van der Waals surface area contributed by atoms with Crippen molar-refractivity contribution in [3.8, 4) is 0 Å². The highest BCUT2D eigenvalue weighted by Gasteiger charge is 2.30. The van der Waals surface area contributed by atoms with Gasteiger partial charge in [-0.15, -0.1) is 0 Å². The summed E-state index contributed by atoms with van der Waals surface area (Å²) in [6.45, 7) is 1.44. The third kappa shape index (κ3) is 2.08. The van der Waals surface area contributed by atoms with Gasteiger partial charge in [0, 0.05) is 13.1 Å². The molecule has 1 aliphatic rings. The third-order valence-electron chi connectivity index (χ3n) is 1.69. The van der Waals surface area contributed by atoms with Crippen LogP contribution in [0.3, 0.4) is 0 Å². The van der Waals surface area contributed by atoms with Crippen LogP contribution in [0.4, 0.5) is 8.78 Å². The van der Waals surface area contributed by atoms with Gasteiger partial charge < -0.3 is 5.32 Å². The summed E-state index contributed by atoms with van der Waals surface area (Å²) in [7, 11) is 1.71. The van der Waals surface area contributed by atoms with Crippen LogP contribution in [-0.4, -0.2) is 44.3 Å². The van der Waals surface area contributed by atoms with E-state index < -0.39 is 12.6 Å². The molecule has 0 radical (unpaired) electrons. The summed E-state index contributed by atoms with van der Waals surface area (Å²) in [4.78, 5) is 1.42. The highest BCUT2D eigenvalue weighted by molar-refractivity contribution is 4.74. The Morgan fingerprint density at radius 2 is 2.36 bits per heavy atom. The fraction of sp³-hybridized carbons (Fsp3) is 1.00. The molecule has 0 saturated carbocycles. The minimum absolute atomic E-state index is 0.392. The zero-order chi connectivity index (χ0) is 8.27. The van der Waals surface area contributed by atoms with Gasteiger partial charge in [0.05, 0.1) is 6.67 Å². The Bertz CT molecular complexity index is 120. The van der Waals surface area contributed by atoms with Crippen molar-refractivity contribution in [2.75, 3.05) is 26.8 Å². The van der Waals surface area contributed by atoms with Crippen molar-refractivity contribution in [1.29, 1.82) is 0 Å². The molecule has 0 aliphatic carbocycles. The van der Waals surface area contributed by atoms with Crippen molar-refractivity contribution >= 4 is 0 Å². The maximum atomic E-state index is 12.9. The molecule has 2 unspecified atom stereocenters. The van der Waals surface area contributed by atoms with E-state index >= 15 is 0 Å². The van der Waals surface area contributed by atoms with Gasteiger partial charge in [0.2, 0.25) is 0 Å². The van der Waals surface area contributed by atoms with Crippen LogP contribution in [0.25, 0.3) is 0 Å². The molecule has 3 nitrogen and oxygen atoms in total. The summed E-state index contributed by atoms with van der Waals surface area (Å²) in [5.74, 6) is 0. The molecule has 1 heterocycles. The van der Waals surface area contributed by atoms with Crippen molar-refractivity contribution in [2.45, 2.75) is 12.6 Å². The fourth-order valence-corrected chi connectivity index (χ4v) is 1.12. The molecule has 0 bridgehead atoms. The second-order valence-electron chi connectivity index (χ2n) is 2.55. The third-order valence-corrected chi connectivity index (χ3v) is 1.69. The van der Waals surface area contributed by atoms with Crippen LogP contribution in [0.5, 0.6) is 0 Å². The number of hydrogen-bond donors (Lipinski definition) is 2. The van der Waals surface area contributed by atoms with E-state index in [2.05, 4.69) is 10.6 Å². The van der Waals surface area contributed by atoms with Gasteiger partial charge in [0.25, 0.3) is 0 Å². The molecule has 11 heavy (non-hydrogen) atoms. The zero-order valence-corrected chi connectivity index (χ0v) is 6.48. The molecule has 1 rings (SSSR count). The molecule has 2 atom stereocenters. The molecule has 2 N–H and O–H groups in total. The summed E-state index contributed by atoms with van der Waals surface area (Å²) >= 11 is 0. The van der Waals surface area contributed by atoms with Crippen LogP contribution in [-0.2, 0) is 0 Å². The van der Waals surface area contributed by atoms with Gasteiger partial charge in [-0.25, -0.2) is 8.78 Å². The van der Waals surface area contributed by atoms with Crippen molar-refractivity contribution < 1.29 is 8.78 Å². The Labute approximate surface area is 64.7 Å². The molecule has 1 saturated heterocycles. The highest BCUT2D eigenvalue weighted by atomic mass is 19.2. The SMILES string of the molecule is CNCN1CCNC(F)C1F. The summed E-state index contributed by atoms with van der Waals surface area (Å²) in [6.07, 6.45) is -3.06. The van der Waals surface area contributed by atoms with E-state index in [0.29, 0.717) is 19.8 Å². The summed E-state index contributed by atoms with van der Waals surface area (Å²) in [5, 5.41) is 5.19. The lowest BCUT2D eigenvalue weighted by Gasteiger charge is -2.32. The number of halogens is 2. The lowest BCUT2D eigenvalue weighted by molar-refractivity contribution is -0.0309. The Morgan fingerprint density at radius 3 is 3.00 bits per heavy atom. The van der Waals surface area contributed by atoms with E-state index in [1.54, 1.807) is 7.05 Å². The predicted octanol–water partition coefficient (Wildman–Crippen LogP) is -0.340. The van der Waals surface area contributed by atoms with Gasteiger partial charge in [-0.2, -0.15) is 0 Å². The van der Waals surface area contributed by atoms with Gasteiger partial charge in [-0.05, 0) is 7.05 Å². The molecule has 1 fully saturated rings. The standard InChI is InChI=1S/C6H13F2N3/c1-9-4-11-3-2-10-5(7)6(11)8/h5-6,9-10H,2-4H2,1H3. The Morgan fingerprint density at radius 1 is 1.64 bits per heavy atom. The molecule has 0 amide bonds. The molecular weight excluding hydrogens is 152 g/mol.